The van der Waals surface area contributed by atoms with Gasteiger partial charge >= 0.3 is 0 Å². The molecule has 0 bridgehead atoms. The van der Waals surface area contributed by atoms with Crippen molar-refractivity contribution >= 4 is 0 Å². The lowest BCUT2D eigenvalue weighted by Crippen LogP contribution is -2.23. The van der Waals surface area contributed by atoms with E-state index in [9.17, 15) is 0 Å². The van der Waals surface area contributed by atoms with Crippen molar-refractivity contribution in [2.24, 2.45) is 23.2 Å². The van der Waals surface area contributed by atoms with Crippen molar-refractivity contribution in [1.82, 2.24) is 0 Å². The van der Waals surface area contributed by atoms with Crippen LogP contribution in [0.15, 0.2) is 11.1 Å². The van der Waals surface area contributed by atoms with Crippen LogP contribution in [-0.2, 0) is 0 Å². The standard InChI is InChI=1S/C14H22/c1-9-6-7-14(3)8-12-10(2)11(12)4-5-13(9)14/h9,11,13H,4-8H2,1-3H3. The molecule has 78 valence electrons. The molecular weight excluding hydrogens is 168 g/mol. The summed E-state index contributed by atoms with van der Waals surface area (Å²) < 4.78 is 0. The summed E-state index contributed by atoms with van der Waals surface area (Å²) in [6.45, 7) is 7.40. The van der Waals surface area contributed by atoms with Gasteiger partial charge in [0.1, 0.15) is 0 Å². The molecule has 0 heterocycles. The summed E-state index contributed by atoms with van der Waals surface area (Å²) in [6, 6.07) is 0. The predicted octanol–water partition coefficient (Wildman–Crippen LogP) is 4.17. The third-order valence-corrected chi connectivity index (χ3v) is 5.48. The van der Waals surface area contributed by atoms with Gasteiger partial charge in [-0.1, -0.05) is 25.0 Å². The van der Waals surface area contributed by atoms with Crippen LogP contribution in [0.1, 0.15) is 52.9 Å². The Kier molecular flexibility index (Phi) is 1.70. The highest BCUT2D eigenvalue weighted by molar-refractivity contribution is 5.41. The second-order valence-electron chi connectivity index (χ2n) is 6.29. The molecule has 0 nitrogen and oxygen atoms in total. The van der Waals surface area contributed by atoms with Crippen molar-refractivity contribution in [3.05, 3.63) is 11.1 Å². The first-order valence-corrected chi connectivity index (χ1v) is 6.31. The molecular formula is C14H22. The number of rotatable bonds is 0. The van der Waals surface area contributed by atoms with Gasteiger partial charge in [0.2, 0.25) is 0 Å². The van der Waals surface area contributed by atoms with Crippen LogP contribution in [0.2, 0.25) is 0 Å². The Balaban J connectivity index is 1.88. The van der Waals surface area contributed by atoms with Gasteiger partial charge in [-0.05, 0) is 56.3 Å². The quantitative estimate of drug-likeness (QED) is 0.503. The van der Waals surface area contributed by atoms with E-state index in [0.717, 1.165) is 17.8 Å². The second kappa shape index (κ2) is 2.65. The molecule has 3 rings (SSSR count). The lowest BCUT2D eigenvalue weighted by molar-refractivity contribution is 0.193. The molecule has 3 aliphatic rings. The zero-order valence-electron chi connectivity index (χ0n) is 9.77. The van der Waals surface area contributed by atoms with Gasteiger partial charge < -0.3 is 0 Å². The largest absolute Gasteiger partial charge is 0.0663 e. The number of fused-ring (bicyclic) bond motifs is 2. The zero-order chi connectivity index (χ0) is 9.92. The van der Waals surface area contributed by atoms with Gasteiger partial charge in [0.05, 0.1) is 0 Å². The number of allylic oxidation sites excluding steroid dienone is 2. The molecule has 0 aliphatic heterocycles. The van der Waals surface area contributed by atoms with Crippen LogP contribution in [0.5, 0.6) is 0 Å². The molecule has 14 heavy (non-hydrogen) atoms. The summed E-state index contributed by atoms with van der Waals surface area (Å²) in [5, 5.41) is 0. The lowest BCUT2D eigenvalue weighted by Gasteiger charge is -2.31. The predicted molar refractivity (Wildman–Crippen MR) is 60.0 cm³/mol. The summed E-state index contributed by atoms with van der Waals surface area (Å²) in [5.41, 5.74) is 4.29. The first-order chi connectivity index (χ1) is 6.62. The van der Waals surface area contributed by atoms with Crippen LogP contribution in [0.4, 0.5) is 0 Å². The van der Waals surface area contributed by atoms with E-state index in [1.54, 1.807) is 5.57 Å². The topological polar surface area (TPSA) is 0 Å². The van der Waals surface area contributed by atoms with Crippen molar-refractivity contribution in [3.8, 4) is 0 Å². The zero-order valence-corrected chi connectivity index (χ0v) is 9.77. The maximum Gasteiger partial charge on any atom is 0.00102 e. The molecule has 0 N–H and O–H groups in total. The minimum atomic E-state index is 0.682. The molecule has 0 saturated heterocycles. The summed E-state index contributed by atoms with van der Waals surface area (Å²) in [5.74, 6) is 3.00. The molecule has 4 atom stereocenters. The Morgan fingerprint density at radius 2 is 2.00 bits per heavy atom. The fourth-order valence-electron chi connectivity index (χ4n) is 4.38. The number of hydrogen-bond donors (Lipinski definition) is 0. The Labute approximate surface area is 87.8 Å². The summed E-state index contributed by atoms with van der Waals surface area (Å²) in [4.78, 5) is 0. The molecule has 0 aromatic rings. The summed E-state index contributed by atoms with van der Waals surface area (Å²) in [7, 11) is 0. The average Bonchev–Trinajstić information content (AvgIpc) is 2.69. The molecule has 0 aromatic heterocycles. The smallest absolute Gasteiger partial charge is 0.00102 e. The van der Waals surface area contributed by atoms with Crippen LogP contribution in [0, 0.1) is 23.2 Å². The van der Waals surface area contributed by atoms with Gasteiger partial charge in [0.25, 0.3) is 0 Å². The molecule has 3 aliphatic carbocycles. The molecule has 0 radical (unpaired) electrons. The van der Waals surface area contributed by atoms with Crippen LogP contribution < -0.4 is 0 Å². The molecule has 0 amide bonds. The Bertz CT molecular complexity index is 299. The highest BCUT2D eigenvalue weighted by Crippen LogP contribution is 2.61. The van der Waals surface area contributed by atoms with E-state index >= 15 is 0 Å². The van der Waals surface area contributed by atoms with E-state index in [1.807, 2.05) is 5.57 Å². The lowest BCUT2D eigenvalue weighted by atomic mass is 9.73. The monoisotopic (exact) mass is 190 g/mol. The summed E-state index contributed by atoms with van der Waals surface area (Å²) in [6.07, 6.45) is 7.40. The normalized spacial score (nSPS) is 51.2. The first-order valence-electron chi connectivity index (χ1n) is 6.31. The Morgan fingerprint density at radius 1 is 1.21 bits per heavy atom. The van der Waals surface area contributed by atoms with E-state index in [4.69, 9.17) is 0 Å². The van der Waals surface area contributed by atoms with Crippen molar-refractivity contribution < 1.29 is 0 Å². The Hall–Kier alpha value is -0.260. The van der Waals surface area contributed by atoms with Crippen LogP contribution >= 0.6 is 0 Å². The van der Waals surface area contributed by atoms with Gasteiger partial charge in [0, 0.05) is 5.92 Å². The Morgan fingerprint density at radius 3 is 2.79 bits per heavy atom. The van der Waals surface area contributed by atoms with Gasteiger partial charge in [-0.2, -0.15) is 0 Å². The van der Waals surface area contributed by atoms with E-state index in [-0.39, 0.29) is 0 Å². The fraction of sp³-hybridized carbons (Fsp3) is 0.857. The molecule has 0 heteroatoms. The highest BCUT2D eigenvalue weighted by Gasteiger charge is 2.49. The summed E-state index contributed by atoms with van der Waals surface area (Å²) >= 11 is 0. The second-order valence-corrected chi connectivity index (χ2v) is 6.29. The van der Waals surface area contributed by atoms with E-state index in [1.165, 1.54) is 32.1 Å². The van der Waals surface area contributed by atoms with E-state index in [0.29, 0.717) is 5.41 Å². The van der Waals surface area contributed by atoms with Gasteiger partial charge in [-0.25, -0.2) is 0 Å². The number of hydrogen-bond acceptors (Lipinski definition) is 0. The highest BCUT2D eigenvalue weighted by atomic mass is 14.5. The molecule has 0 spiro atoms. The van der Waals surface area contributed by atoms with Crippen molar-refractivity contribution in [2.45, 2.75) is 52.9 Å². The van der Waals surface area contributed by atoms with Gasteiger partial charge in [0.15, 0.2) is 0 Å². The van der Waals surface area contributed by atoms with Gasteiger partial charge in [-0.15, -0.1) is 0 Å². The van der Waals surface area contributed by atoms with Crippen molar-refractivity contribution in [1.29, 1.82) is 0 Å². The van der Waals surface area contributed by atoms with Crippen molar-refractivity contribution in [2.75, 3.05) is 0 Å². The maximum atomic E-state index is 2.56. The maximum absolute atomic E-state index is 2.56. The molecule has 2 fully saturated rings. The molecule has 0 aromatic carbocycles. The van der Waals surface area contributed by atoms with Crippen LogP contribution in [-0.4, -0.2) is 0 Å². The molecule has 2 saturated carbocycles. The fourth-order valence-corrected chi connectivity index (χ4v) is 4.38. The molecule has 4 unspecified atom stereocenters. The van der Waals surface area contributed by atoms with Crippen LogP contribution in [0.3, 0.4) is 0 Å². The third-order valence-electron chi connectivity index (χ3n) is 5.48. The third kappa shape index (κ3) is 1.06. The first kappa shape index (κ1) is 9.00. The van der Waals surface area contributed by atoms with E-state index in [2.05, 4.69) is 20.8 Å². The van der Waals surface area contributed by atoms with E-state index < -0.39 is 0 Å². The van der Waals surface area contributed by atoms with Gasteiger partial charge in [-0.3, -0.25) is 0 Å². The SMILES string of the molecule is CC1=C2CC3(C)CCC(C)C3CCC12. The minimum Gasteiger partial charge on any atom is -0.0663 e. The van der Waals surface area contributed by atoms with Crippen LogP contribution in [0.25, 0.3) is 0 Å². The minimum absolute atomic E-state index is 0.682. The average molecular weight is 190 g/mol. The van der Waals surface area contributed by atoms with Crippen molar-refractivity contribution in [3.63, 3.8) is 0 Å².